The van der Waals surface area contributed by atoms with E-state index >= 15 is 0 Å². The zero-order valence-electron chi connectivity index (χ0n) is 14.5. The molecular weight excluding hydrogens is 298 g/mol. The number of nitrogens with one attached hydrogen (secondary N) is 1. The minimum atomic E-state index is 0.129. The van der Waals surface area contributed by atoms with Crippen LogP contribution < -0.4 is 5.32 Å². The summed E-state index contributed by atoms with van der Waals surface area (Å²) >= 11 is 0. The van der Waals surface area contributed by atoms with Gasteiger partial charge in [-0.05, 0) is 30.7 Å². The van der Waals surface area contributed by atoms with Gasteiger partial charge in [-0.1, -0.05) is 42.5 Å². The molecule has 1 atom stereocenters. The molecule has 1 aromatic rings. The highest BCUT2D eigenvalue weighted by Gasteiger charge is 2.21. The predicted molar refractivity (Wildman–Crippen MR) is 97.6 cm³/mol. The van der Waals surface area contributed by atoms with E-state index in [4.69, 9.17) is 0 Å². The molecule has 130 valence electrons. The summed E-state index contributed by atoms with van der Waals surface area (Å²) in [6.45, 7) is 6.54. The Hall–Kier alpha value is -1.65. The number of allylic oxidation sites excluding steroid dienone is 2. The largest absolute Gasteiger partial charge is 0.351 e. The normalized spacial score (nSPS) is 22.4. The van der Waals surface area contributed by atoms with E-state index in [1.54, 1.807) is 0 Å². The van der Waals surface area contributed by atoms with Gasteiger partial charge in [0.1, 0.15) is 0 Å². The van der Waals surface area contributed by atoms with Crippen LogP contribution in [0, 0.1) is 5.92 Å². The molecule has 1 aliphatic carbocycles. The van der Waals surface area contributed by atoms with Gasteiger partial charge in [-0.2, -0.15) is 0 Å². The number of hydrogen-bond acceptors (Lipinski definition) is 3. The van der Waals surface area contributed by atoms with E-state index < -0.39 is 0 Å². The van der Waals surface area contributed by atoms with Gasteiger partial charge in [0.2, 0.25) is 5.91 Å². The molecule has 1 saturated heterocycles. The van der Waals surface area contributed by atoms with E-state index in [1.807, 2.05) is 30.3 Å². The summed E-state index contributed by atoms with van der Waals surface area (Å²) in [5, 5.41) is 3.02. The lowest BCUT2D eigenvalue weighted by Gasteiger charge is -2.36. The maximum atomic E-state index is 12.1. The van der Waals surface area contributed by atoms with Gasteiger partial charge >= 0.3 is 0 Å². The molecule has 4 nitrogen and oxygen atoms in total. The molecule has 0 aromatic heterocycles. The molecule has 24 heavy (non-hydrogen) atoms. The first-order chi connectivity index (χ1) is 11.8. The molecule has 1 amide bonds. The number of carbonyl (C=O) groups is 1. The van der Waals surface area contributed by atoms with E-state index in [2.05, 4.69) is 27.3 Å². The van der Waals surface area contributed by atoms with Crippen molar-refractivity contribution in [3.63, 3.8) is 0 Å². The quantitative estimate of drug-likeness (QED) is 0.814. The topological polar surface area (TPSA) is 35.6 Å². The Morgan fingerprint density at radius 3 is 2.50 bits per heavy atom. The van der Waals surface area contributed by atoms with Crippen molar-refractivity contribution in [2.45, 2.75) is 25.8 Å². The van der Waals surface area contributed by atoms with Crippen LogP contribution >= 0.6 is 0 Å². The van der Waals surface area contributed by atoms with E-state index in [9.17, 15) is 4.79 Å². The SMILES string of the molecule is O=C(CN1CCN(C[C@@H]2CC=CCC2)CC1)NCc1ccccc1. The fourth-order valence-corrected chi connectivity index (χ4v) is 3.57. The van der Waals surface area contributed by atoms with Crippen molar-refractivity contribution in [2.75, 3.05) is 39.3 Å². The lowest BCUT2D eigenvalue weighted by molar-refractivity contribution is -0.122. The van der Waals surface area contributed by atoms with Crippen molar-refractivity contribution < 1.29 is 4.79 Å². The molecule has 1 heterocycles. The number of amides is 1. The van der Waals surface area contributed by atoms with Gasteiger partial charge in [0.25, 0.3) is 0 Å². The van der Waals surface area contributed by atoms with E-state index in [0.717, 1.165) is 37.7 Å². The first-order valence-electron chi connectivity index (χ1n) is 9.20. The Morgan fingerprint density at radius 1 is 1.04 bits per heavy atom. The maximum absolute atomic E-state index is 12.1. The lowest BCUT2D eigenvalue weighted by Crippen LogP contribution is -2.50. The second-order valence-electron chi connectivity index (χ2n) is 6.99. The summed E-state index contributed by atoms with van der Waals surface area (Å²) in [6.07, 6.45) is 8.46. The molecule has 0 spiro atoms. The van der Waals surface area contributed by atoms with Gasteiger partial charge in [-0.15, -0.1) is 0 Å². The zero-order chi connectivity index (χ0) is 16.6. The smallest absolute Gasteiger partial charge is 0.234 e. The fraction of sp³-hybridized carbons (Fsp3) is 0.550. The van der Waals surface area contributed by atoms with E-state index in [-0.39, 0.29) is 5.91 Å². The molecule has 1 N–H and O–H groups in total. The summed E-state index contributed by atoms with van der Waals surface area (Å²) in [5.74, 6) is 0.959. The number of piperazine rings is 1. The second-order valence-corrected chi connectivity index (χ2v) is 6.99. The fourth-order valence-electron chi connectivity index (χ4n) is 3.57. The molecule has 3 rings (SSSR count). The van der Waals surface area contributed by atoms with Gasteiger partial charge in [-0.3, -0.25) is 9.69 Å². The van der Waals surface area contributed by atoms with Crippen LogP contribution in [0.5, 0.6) is 0 Å². The predicted octanol–water partition coefficient (Wildman–Crippen LogP) is 2.28. The van der Waals surface area contributed by atoms with Crippen LogP contribution in [-0.4, -0.2) is 55.0 Å². The number of nitrogens with zero attached hydrogens (tertiary/aromatic N) is 2. The summed E-state index contributed by atoms with van der Waals surface area (Å²) in [7, 11) is 0. The van der Waals surface area contributed by atoms with Gasteiger partial charge in [-0.25, -0.2) is 0 Å². The van der Waals surface area contributed by atoms with Crippen molar-refractivity contribution in [1.29, 1.82) is 0 Å². The molecule has 0 bridgehead atoms. The van der Waals surface area contributed by atoms with Gasteiger partial charge in [0.15, 0.2) is 0 Å². The van der Waals surface area contributed by atoms with Crippen molar-refractivity contribution in [2.24, 2.45) is 5.92 Å². The highest BCUT2D eigenvalue weighted by molar-refractivity contribution is 5.78. The van der Waals surface area contributed by atoms with Crippen LogP contribution in [0.25, 0.3) is 0 Å². The Morgan fingerprint density at radius 2 is 1.79 bits per heavy atom. The van der Waals surface area contributed by atoms with Gasteiger partial charge in [0, 0.05) is 39.3 Å². The molecule has 0 saturated carbocycles. The van der Waals surface area contributed by atoms with Crippen LogP contribution in [0.1, 0.15) is 24.8 Å². The van der Waals surface area contributed by atoms with Crippen LogP contribution in [0.2, 0.25) is 0 Å². The molecule has 2 aliphatic rings. The monoisotopic (exact) mass is 327 g/mol. The maximum Gasteiger partial charge on any atom is 0.234 e. The summed E-state index contributed by atoms with van der Waals surface area (Å²) in [4.78, 5) is 17.0. The number of benzene rings is 1. The van der Waals surface area contributed by atoms with Crippen LogP contribution in [-0.2, 0) is 11.3 Å². The van der Waals surface area contributed by atoms with Crippen molar-refractivity contribution in [3.05, 3.63) is 48.0 Å². The lowest BCUT2D eigenvalue weighted by atomic mass is 9.94. The van der Waals surface area contributed by atoms with Crippen molar-refractivity contribution in [3.8, 4) is 0 Å². The summed E-state index contributed by atoms with van der Waals surface area (Å²) in [6, 6.07) is 10.1. The number of carbonyl (C=O) groups excluding carboxylic acids is 1. The van der Waals surface area contributed by atoms with Gasteiger partial charge < -0.3 is 10.2 Å². The first-order valence-corrected chi connectivity index (χ1v) is 9.20. The molecule has 1 aliphatic heterocycles. The average molecular weight is 327 g/mol. The highest BCUT2D eigenvalue weighted by Crippen LogP contribution is 2.19. The minimum Gasteiger partial charge on any atom is -0.351 e. The molecule has 4 heteroatoms. The van der Waals surface area contributed by atoms with Crippen molar-refractivity contribution in [1.82, 2.24) is 15.1 Å². The van der Waals surface area contributed by atoms with Crippen LogP contribution in [0.3, 0.4) is 0 Å². The number of hydrogen-bond donors (Lipinski definition) is 1. The van der Waals surface area contributed by atoms with Crippen LogP contribution in [0.15, 0.2) is 42.5 Å². The third-order valence-corrected chi connectivity index (χ3v) is 5.06. The Balaban J connectivity index is 1.33. The summed E-state index contributed by atoms with van der Waals surface area (Å²) < 4.78 is 0. The third-order valence-electron chi connectivity index (χ3n) is 5.06. The molecule has 0 radical (unpaired) electrons. The van der Waals surface area contributed by atoms with E-state index in [1.165, 1.54) is 25.8 Å². The summed E-state index contributed by atoms with van der Waals surface area (Å²) in [5.41, 5.74) is 1.15. The molecular formula is C20H29N3O. The molecule has 1 fully saturated rings. The standard InChI is InChI=1S/C20H29N3O/c24-20(21-15-18-7-3-1-4-8-18)17-23-13-11-22(12-14-23)16-19-9-5-2-6-10-19/h1-5,7-8,19H,6,9-17H2,(H,21,24)/t19-/m1/s1. The Bertz CT molecular complexity index is 535. The second kappa shape index (κ2) is 9.00. The third kappa shape index (κ3) is 5.46. The minimum absolute atomic E-state index is 0.129. The average Bonchev–Trinajstić information content (AvgIpc) is 2.63. The molecule has 1 aromatic carbocycles. The Labute approximate surface area is 145 Å². The zero-order valence-corrected chi connectivity index (χ0v) is 14.5. The van der Waals surface area contributed by atoms with Crippen LogP contribution in [0.4, 0.5) is 0 Å². The molecule has 0 unspecified atom stereocenters. The van der Waals surface area contributed by atoms with Crippen molar-refractivity contribution >= 4 is 5.91 Å². The van der Waals surface area contributed by atoms with Gasteiger partial charge in [0.05, 0.1) is 6.54 Å². The highest BCUT2D eigenvalue weighted by atomic mass is 16.2. The Kier molecular flexibility index (Phi) is 6.44. The van der Waals surface area contributed by atoms with E-state index in [0.29, 0.717) is 13.1 Å². The first kappa shape index (κ1) is 17.2. The number of rotatable bonds is 6.